The van der Waals surface area contributed by atoms with Crippen LogP contribution in [0.1, 0.15) is 155 Å². The summed E-state index contributed by atoms with van der Waals surface area (Å²) in [6.45, 7) is 3.95. The number of hydrogen-bond donors (Lipinski definition) is 1. The zero-order valence-corrected chi connectivity index (χ0v) is 28.4. The first-order valence-corrected chi connectivity index (χ1v) is 17.8. The van der Waals surface area contributed by atoms with Crippen molar-refractivity contribution in [2.75, 3.05) is 13.2 Å². The molecule has 0 aromatic rings. The van der Waals surface area contributed by atoms with E-state index in [1.165, 1.54) is 64.2 Å². The highest BCUT2D eigenvalue weighted by molar-refractivity contribution is 5.70. The highest BCUT2D eigenvalue weighted by Crippen LogP contribution is 2.13. The normalized spacial score (nSPS) is 12.9. The number of allylic oxidation sites excluding steroid dienone is 10. The molecule has 1 N–H and O–H groups in total. The van der Waals surface area contributed by atoms with Crippen LogP contribution in [0.3, 0.4) is 0 Å². The lowest BCUT2D eigenvalue weighted by Crippen LogP contribution is -2.28. The second kappa shape index (κ2) is 35.1. The Morgan fingerprint density at radius 1 is 0.545 bits per heavy atom. The van der Waals surface area contributed by atoms with Gasteiger partial charge in [0.25, 0.3) is 0 Å². The van der Waals surface area contributed by atoms with Gasteiger partial charge in [-0.05, 0) is 51.4 Å². The average molecular weight is 615 g/mol. The van der Waals surface area contributed by atoms with Gasteiger partial charge in [-0.15, -0.1) is 0 Å². The first kappa shape index (κ1) is 41.6. The predicted octanol–water partition coefficient (Wildman–Crippen LogP) is 10.8. The molecule has 44 heavy (non-hydrogen) atoms. The van der Waals surface area contributed by atoms with Gasteiger partial charge in [0.2, 0.25) is 0 Å². The Morgan fingerprint density at radius 3 is 1.45 bits per heavy atom. The van der Waals surface area contributed by atoms with E-state index in [9.17, 15) is 14.7 Å². The molecule has 0 aliphatic heterocycles. The third kappa shape index (κ3) is 32.5. The number of carbonyl (C=O) groups excluding carboxylic acids is 2. The number of ether oxygens (including phenoxy) is 2. The summed E-state index contributed by atoms with van der Waals surface area (Å²) in [5.74, 6) is -0.662. The Labute approximate surface area is 271 Å². The van der Waals surface area contributed by atoms with Gasteiger partial charge in [-0.1, -0.05) is 152 Å². The summed E-state index contributed by atoms with van der Waals surface area (Å²) in [6.07, 6.45) is 44.2. The van der Waals surface area contributed by atoms with Crippen LogP contribution in [0.5, 0.6) is 0 Å². The van der Waals surface area contributed by atoms with Crippen molar-refractivity contribution in [1.29, 1.82) is 0 Å². The lowest BCUT2D eigenvalue weighted by Gasteiger charge is -2.15. The maximum Gasteiger partial charge on any atom is 0.306 e. The highest BCUT2D eigenvalue weighted by Gasteiger charge is 2.16. The van der Waals surface area contributed by atoms with Crippen LogP contribution in [0.2, 0.25) is 0 Å². The van der Waals surface area contributed by atoms with E-state index >= 15 is 0 Å². The molecule has 5 heteroatoms. The molecule has 0 rings (SSSR count). The Balaban J connectivity index is 3.70. The molecule has 1 unspecified atom stereocenters. The third-order valence-corrected chi connectivity index (χ3v) is 7.33. The standard InChI is InChI=1S/C39H66O5/c1-3-5-7-9-11-13-15-17-18-19-20-22-23-25-27-29-31-33-38(41)43-36-37(35-40)44-39(42)34-32-30-28-26-24-21-16-14-12-10-8-6-4-2/h5,7,11,13,17-18,20,22,25,27,37,40H,3-4,6,8-10,12,14-16,19,21,23-24,26,28-36H2,1-2H3. The molecule has 0 spiro atoms. The molecular formula is C39H66O5. The van der Waals surface area contributed by atoms with Gasteiger partial charge < -0.3 is 14.6 Å². The lowest BCUT2D eigenvalue weighted by molar-refractivity contribution is -0.161. The second-order valence-electron chi connectivity index (χ2n) is 11.6. The molecular weight excluding hydrogens is 548 g/mol. The summed E-state index contributed by atoms with van der Waals surface area (Å²) in [5.41, 5.74) is 0. The molecule has 0 aliphatic carbocycles. The molecule has 0 aromatic carbocycles. The van der Waals surface area contributed by atoms with E-state index in [0.29, 0.717) is 19.3 Å². The minimum Gasteiger partial charge on any atom is -0.462 e. The van der Waals surface area contributed by atoms with Crippen LogP contribution in [0.25, 0.3) is 0 Å². The highest BCUT2D eigenvalue weighted by atomic mass is 16.6. The molecule has 0 saturated carbocycles. The largest absolute Gasteiger partial charge is 0.462 e. The van der Waals surface area contributed by atoms with Crippen LogP contribution >= 0.6 is 0 Å². The number of rotatable bonds is 31. The monoisotopic (exact) mass is 614 g/mol. The van der Waals surface area contributed by atoms with Crippen LogP contribution in [0.4, 0.5) is 0 Å². The molecule has 0 saturated heterocycles. The van der Waals surface area contributed by atoms with E-state index in [4.69, 9.17) is 9.47 Å². The van der Waals surface area contributed by atoms with E-state index in [-0.39, 0.29) is 25.2 Å². The summed E-state index contributed by atoms with van der Waals surface area (Å²) in [4.78, 5) is 24.1. The molecule has 0 aromatic heterocycles. The molecule has 1 atom stereocenters. The summed E-state index contributed by atoms with van der Waals surface area (Å²) >= 11 is 0. The van der Waals surface area contributed by atoms with Crippen LogP contribution < -0.4 is 0 Å². The van der Waals surface area contributed by atoms with Gasteiger partial charge >= 0.3 is 11.9 Å². The van der Waals surface area contributed by atoms with Gasteiger partial charge in [-0.25, -0.2) is 0 Å². The van der Waals surface area contributed by atoms with E-state index in [1.54, 1.807) is 0 Å². The Bertz CT molecular complexity index is 792. The topological polar surface area (TPSA) is 72.8 Å². The SMILES string of the molecule is CCC=CCC=CCC=CCC=CCC=CCCCC(=O)OCC(CO)OC(=O)CCCCCCCCCCCCCCC. The van der Waals surface area contributed by atoms with Crippen molar-refractivity contribution >= 4 is 11.9 Å². The van der Waals surface area contributed by atoms with Gasteiger partial charge in [0.05, 0.1) is 6.61 Å². The van der Waals surface area contributed by atoms with E-state index < -0.39 is 6.10 Å². The van der Waals surface area contributed by atoms with Crippen molar-refractivity contribution in [3.8, 4) is 0 Å². The van der Waals surface area contributed by atoms with E-state index in [2.05, 4.69) is 74.6 Å². The molecule has 0 aliphatic rings. The van der Waals surface area contributed by atoms with Gasteiger partial charge in [0.15, 0.2) is 6.10 Å². The number of carbonyl (C=O) groups is 2. The lowest BCUT2D eigenvalue weighted by atomic mass is 10.0. The van der Waals surface area contributed by atoms with Gasteiger partial charge in [-0.2, -0.15) is 0 Å². The maximum absolute atomic E-state index is 12.1. The second-order valence-corrected chi connectivity index (χ2v) is 11.6. The summed E-state index contributed by atoms with van der Waals surface area (Å²) in [7, 11) is 0. The number of aliphatic hydroxyl groups excluding tert-OH is 1. The van der Waals surface area contributed by atoms with Crippen molar-refractivity contribution in [3.63, 3.8) is 0 Å². The first-order chi connectivity index (χ1) is 21.6. The van der Waals surface area contributed by atoms with Crippen molar-refractivity contribution < 1.29 is 24.2 Å². The Kier molecular flexibility index (Phi) is 33.2. The first-order valence-electron chi connectivity index (χ1n) is 17.8. The fraction of sp³-hybridized carbons (Fsp3) is 0.692. The quantitative estimate of drug-likeness (QED) is 0.0478. The predicted molar refractivity (Wildman–Crippen MR) is 187 cm³/mol. The van der Waals surface area contributed by atoms with Crippen molar-refractivity contribution in [3.05, 3.63) is 60.8 Å². The van der Waals surface area contributed by atoms with Gasteiger partial charge in [0.1, 0.15) is 6.61 Å². The van der Waals surface area contributed by atoms with Crippen LogP contribution in [-0.4, -0.2) is 36.4 Å². The Morgan fingerprint density at radius 2 is 0.977 bits per heavy atom. The number of hydrogen-bond acceptors (Lipinski definition) is 5. The van der Waals surface area contributed by atoms with Gasteiger partial charge in [-0.3, -0.25) is 9.59 Å². The summed E-state index contributed by atoms with van der Waals surface area (Å²) in [5, 5.41) is 9.51. The number of aliphatic hydroxyl groups is 1. The molecule has 0 radical (unpaired) electrons. The van der Waals surface area contributed by atoms with Crippen molar-refractivity contribution in [2.24, 2.45) is 0 Å². The number of unbranched alkanes of at least 4 members (excludes halogenated alkanes) is 13. The Hall–Kier alpha value is -2.40. The van der Waals surface area contributed by atoms with Crippen LogP contribution in [-0.2, 0) is 19.1 Å². The van der Waals surface area contributed by atoms with Crippen LogP contribution in [0.15, 0.2) is 60.8 Å². The van der Waals surface area contributed by atoms with Gasteiger partial charge in [0, 0.05) is 12.8 Å². The molecule has 252 valence electrons. The molecule has 0 heterocycles. The smallest absolute Gasteiger partial charge is 0.306 e. The summed E-state index contributed by atoms with van der Waals surface area (Å²) in [6, 6.07) is 0. The minimum atomic E-state index is -0.792. The average Bonchev–Trinajstić information content (AvgIpc) is 3.02. The molecule has 0 fully saturated rings. The summed E-state index contributed by atoms with van der Waals surface area (Å²) < 4.78 is 10.5. The van der Waals surface area contributed by atoms with Crippen molar-refractivity contribution in [1.82, 2.24) is 0 Å². The maximum atomic E-state index is 12.1. The molecule has 0 bridgehead atoms. The molecule has 0 amide bonds. The van der Waals surface area contributed by atoms with Crippen molar-refractivity contribution in [2.45, 2.75) is 161 Å². The zero-order valence-electron chi connectivity index (χ0n) is 28.4. The number of esters is 2. The fourth-order valence-electron chi connectivity index (χ4n) is 4.65. The van der Waals surface area contributed by atoms with E-state index in [1.807, 2.05) is 0 Å². The fourth-order valence-corrected chi connectivity index (χ4v) is 4.65. The zero-order chi connectivity index (χ0) is 32.2. The van der Waals surface area contributed by atoms with Crippen LogP contribution in [0, 0.1) is 0 Å². The van der Waals surface area contributed by atoms with E-state index in [0.717, 1.165) is 57.8 Å². The minimum absolute atomic E-state index is 0.0959. The third-order valence-electron chi connectivity index (χ3n) is 7.33. The molecule has 5 nitrogen and oxygen atoms in total.